The van der Waals surface area contributed by atoms with E-state index in [1.54, 1.807) is 0 Å². The highest BCUT2D eigenvalue weighted by Crippen LogP contribution is 2.31. The number of benzene rings is 1. The highest BCUT2D eigenvalue weighted by atomic mass is 32.1. The van der Waals surface area contributed by atoms with Gasteiger partial charge in [-0.1, -0.05) is 48.9 Å². The molecule has 2 rings (SSSR count). The fraction of sp³-hybridized carbons (Fsp3) is 0.235. The number of allylic oxidation sites excluding steroid dienone is 5. The van der Waals surface area contributed by atoms with E-state index in [9.17, 15) is 4.39 Å². The average molecular weight is 285 g/mol. The van der Waals surface area contributed by atoms with Crippen molar-refractivity contribution in [3.05, 3.63) is 64.6 Å². The molecule has 1 aromatic carbocycles. The summed E-state index contributed by atoms with van der Waals surface area (Å²) in [5.41, 5.74) is 3.69. The van der Waals surface area contributed by atoms with Crippen molar-refractivity contribution in [1.82, 2.24) is 0 Å². The van der Waals surface area contributed by atoms with Gasteiger partial charge in [0.1, 0.15) is 5.83 Å². The third-order valence-corrected chi connectivity index (χ3v) is 3.46. The summed E-state index contributed by atoms with van der Waals surface area (Å²) in [5, 5.41) is 2.23. The maximum Gasteiger partial charge on any atom is 0.145 e. The van der Waals surface area contributed by atoms with E-state index in [0.717, 1.165) is 11.1 Å². The highest BCUT2D eigenvalue weighted by molar-refractivity contribution is 7.78. The van der Waals surface area contributed by atoms with Crippen LogP contribution in [0.4, 0.5) is 4.39 Å². The molecule has 0 spiro atoms. The van der Waals surface area contributed by atoms with Crippen molar-refractivity contribution >= 4 is 23.5 Å². The van der Waals surface area contributed by atoms with Gasteiger partial charge in [-0.2, -0.15) is 4.99 Å². The second kappa shape index (κ2) is 6.56. The van der Waals surface area contributed by atoms with E-state index < -0.39 is 0 Å². The molecular weight excluding hydrogens is 269 g/mol. The van der Waals surface area contributed by atoms with Gasteiger partial charge in [-0.05, 0) is 42.3 Å². The predicted octanol–water partition coefficient (Wildman–Crippen LogP) is 5.26. The van der Waals surface area contributed by atoms with E-state index in [1.165, 1.54) is 11.6 Å². The molecule has 1 nitrogen and oxygen atoms in total. The smallest absolute Gasteiger partial charge is 0.145 e. The number of aliphatic imine (C=N–C) groups is 1. The Morgan fingerprint density at radius 2 is 2.00 bits per heavy atom. The maximum atomic E-state index is 13.8. The molecular formula is C17H16FNS. The molecule has 102 valence electrons. The van der Waals surface area contributed by atoms with Crippen molar-refractivity contribution in [2.45, 2.75) is 20.3 Å². The van der Waals surface area contributed by atoms with Crippen LogP contribution in [-0.4, -0.2) is 5.16 Å². The lowest BCUT2D eigenvalue weighted by molar-refractivity contribution is 0.585. The van der Waals surface area contributed by atoms with Crippen LogP contribution in [0.5, 0.6) is 0 Å². The molecule has 0 unspecified atom stereocenters. The number of nitrogens with zero attached hydrogens (tertiary/aromatic N) is 1. The number of hydrogen-bond acceptors (Lipinski definition) is 2. The second-order valence-electron chi connectivity index (χ2n) is 4.99. The lowest BCUT2D eigenvalue weighted by atomic mass is 9.90. The Bertz CT molecular complexity index is 631. The largest absolute Gasteiger partial charge is 0.205 e. The summed E-state index contributed by atoms with van der Waals surface area (Å²) in [6.07, 6.45) is 6.05. The number of halogens is 1. The molecule has 0 heterocycles. The zero-order chi connectivity index (χ0) is 14.5. The zero-order valence-electron chi connectivity index (χ0n) is 11.6. The first-order chi connectivity index (χ1) is 9.60. The van der Waals surface area contributed by atoms with E-state index in [4.69, 9.17) is 0 Å². The number of hydrogen-bond donors (Lipinski definition) is 0. The van der Waals surface area contributed by atoms with E-state index in [0.29, 0.717) is 12.1 Å². The van der Waals surface area contributed by atoms with Gasteiger partial charge in [0.25, 0.3) is 0 Å². The molecule has 1 aliphatic carbocycles. The molecule has 0 N–H and O–H groups in total. The monoisotopic (exact) mass is 285 g/mol. The number of aryl methyl sites for hydroxylation is 1. The third-order valence-electron chi connectivity index (χ3n) is 3.36. The summed E-state index contributed by atoms with van der Waals surface area (Å²) in [4.78, 5) is 3.78. The number of rotatable bonds is 3. The quantitative estimate of drug-likeness (QED) is 0.545. The van der Waals surface area contributed by atoms with Crippen LogP contribution in [-0.2, 0) is 0 Å². The summed E-state index contributed by atoms with van der Waals surface area (Å²) < 4.78 is 13.8. The SMILES string of the molecule is Cc1ccc(C=CC2=CC(F)=C(N=C=S)C[C@H]2C)cc1. The Morgan fingerprint density at radius 1 is 1.30 bits per heavy atom. The molecule has 0 aliphatic heterocycles. The van der Waals surface area contributed by atoms with Crippen LogP contribution < -0.4 is 0 Å². The van der Waals surface area contributed by atoms with Crippen LogP contribution >= 0.6 is 12.2 Å². The van der Waals surface area contributed by atoms with Gasteiger partial charge in [0.2, 0.25) is 0 Å². The summed E-state index contributed by atoms with van der Waals surface area (Å²) in [7, 11) is 0. The van der Waals surface area contributed by atoms with Gasteiger partial charge in [0, 0.05) is 6.42 Å². The Hall–Kier alpha value is -1.83. The fourth-order valence-corrected chi connectivity index (χ4v) is 2.22. The molecule has 0 radical (unpaired) electrons. The molecule has 0 saturated heterocycles. The minimum atomic E-state index is -0.316. The van der Waals surface area contributed by atoms with Crippen molar-refractivity contribution in [1.29, 1.82) is 0 Å². The van der Waals surface area contributed by atoms with Crippen LogP contribution in [0, 0.1) is 12.8 Å². The molecule has 1 aliphatic rings. The maximum absolute atomic E-state index is 13.8. The Kier molecular flexibility index (Phi) is 4.78. The minimum Gasteiger partial charge on any atom is -0.205 e. The van der Waals surface area contributed by atoms with Crippen molar-refractivity contribution in [3.8, 4) is 0 Å². The average Bonchev–Trinajstić information content (AvgIpc) is 2.43. The Labute approximate surface area is 124 Å². The first-order valence-electron chi connectivity index (χ1n) is 6.53. The molecule has 20 heavy (non-hydrogen) atoms. The van der Waals surface area contributed by atoms with Crippen LogP contribution in [0.25, 0.3) is 6.08 Å². The van der Waals surface area contributed by atoms with Crippen molar-refractivity contribution in [3.63, 3.8) is 0 Å². The highest BCUT2D eigenvalue weighted by Gasteiger charge is 2.18. The second-order valence-corrected chi connectivity index (χ2v) is 5.17. The summed E-state index contributed by atoms with van der Waals surface area (Å²) in [6.45, 7) is 4.11. The van der Waals surface area contributed by atoms with Gasteiger partial charge in [-0.25, -0.2) is 4.39 Å². The van der Waals surface area contributed by atoms with Crippen LogP contribution in [0.3, 0.4) is 0 Å². The molecule has 0 bridgehead atoms. The summed E-state index contributed by atoms with van der Waals surface area (Å²) >= 11 is 4.53. The summed E-state index contributed by atoms with van der Waals surface area (Å²) in [6, 6.07) is 8.22. The van der Waals surface area contributed by atoms with E-state index in [-0.39, 0.29) is 11.7 Å². The number of isothiocyanates is 1. The van der Waals surface area contributed by atoms with E-state index in [2.05, 4.69) is 48.4 Å². The normalized spacial score (nSPS) is 18.9. The lowest BCUT2D eigenvalue weighted by Crippen LogP contribution is -2.05. The van der Waals surface area contributed by atoms with Crippen LogP contribution in [0.1, 0.15) is 24.5 Å². The number of thiocarbonyl (C=S) groups is 1. The molecule has 0 fully saturated rings. The summed E-state index contributed by atoms with van der Waals surface area (Å²) in [5.74, 6) is -0.0951. The Morgan fingerprint density at radius 3 is 2.65 bits per heavy atom. The van der Waals surface area contributed by atoms with Gasteiger partial charge < -0.3 is 0 Å². The van der Waals surface area contributed by atoms with Crippen molar-refractivity contribution < 1.29 is 4.39 Å². The van der Waals surface area contributed by atoms with Gasteiger partial charge in [0.15, 0.2) is 0 Å². The van der Waals surface area contributed by atoms with Crippen molar-refractivity contribution in [2.75, 3.05) is 0 Å². The minimum absolute atomic E-state index is 0.221. The molecule has 0 amide bonds. The van der Waals surface area contributed by atoms with Crippen LogP contribution in [0.2, 0.25) is 0 Å². The first kappa shape index (κ1) is 14.6. The van der Waals surface area contributed by atoms with E-state index in [1.807, 2.05) is 24.3 Å². The standard InChI is InChI=1S/C17H16FNS/c1-12-3-5-14(6-4-12)7-8-15-10-16(18)17(19-11-20)9-13(15)2/h3-8,10,13H,9H2,1-2H3/t13-/m1/s1. The van der Waals surface area contributed by atoms with Gasteiger partial charge in [-0.15, -0.1) is 0 Å². The molecule has 0 aromatic heterocycles. The lowest BCUT2D eigenvalue weighted by Gasteiger charge is -2.17. The van der Waals surface area contributed by atoms with Crippen molar-refractivity contribution in [2.24, 2.45) is 10.9 Å². The molecule has 3 heteroatoms. The predicted molar refractivity (Wildman–Crippen MR) is 85.2 cm³/mol. The topological polar surface area (TPSA) is 12.4 Å². The molecule has 0 saturated carbocycles. The third kappa shape index (κ3) is 3.60. The van der Waals surface area contributed by atoms with Crippen LogP contribution in [0.15, 0.2) is 58.5 Å². The van der Waals surface area contributed by atoms with Gasteiger partial charge in [-0.3, -0.25) is 0 Å². The first-order valence-corrected chi connectivity index (χ1v) is 6.94. The van der Waals surface area contributed by atoms with E-state index >= 15 is 0 Å². The molecule has 1 aromatic rings. The molecule has 1 atom stereocenters. The van der Waals surface area contributed by atoms with Gasteiger partial charge >= 0.3 is 0 Å². The Balaban J connectivity index is 2.22. The zero-order valence-corrected chi connectivity index (χ0v) is 12.4. The van der Waals surface area contributed by atoms with Gasteiger partial charge in [0.05, 0.1) is 10.9 Å². The fourth-order valence-electron chi connectivity index (χ4n) is 2.11.